The summed E-state index contributed by atoms with van der Waals surface area (Å²) in [6.45, 7) is 8.81. The predicted molar refractivity (Wildman–Crippen MR) is 134 cm³/mol. The van der Waals surface area contributed by atoms with Gasteiger partial charge < -0.3 is 9.47 Å². The van der Waals surface area contributed by atoms with E-state index in [2.05, 4.69) is 79.9 Å². The maximum absolute atomic E-state index is 12.9. The van der Waals surface area contributed by atoms with Crippen molar-refractivity contribution in [2.75, 3.05) is 13.1 Å². The molecule has 0 N–H and O–H groups in total. The Bertz CT molecular complexity index is 1280. The van der Waals surface area contributed by atoms with E-state index < -0.39 is 0 Å². The number of imidazole rings is 1. The van der Waals surface area contributed by atoms with E-state index in [1.165, 1.54) is 27.8 Å². The maximum atomic E-state index is 12.9. The van der Waals surface area contributed by atoms with Gasteiger partial charge >= 0.3 is 0 Å². The van der Waals surface area contributed by atoms with E-state index in [0.29, 0.717) is 6.42 Å². The summed E-state index contributed by atoms with van der Waals surface area (Å²) in [5, 5.41) is 0. The molecule has 168 valence electrons. The zero-order valence-corrected chi connectivity index (χ0v) is 19.7. The molecule has 2 heterocycles. The third kappa shape index (κ3) is 4.30. The molecular formula is C29H31N3O. The molecule has 4 heteroatoms. The highest BCUT2D eigenvalue weighted by Gasteiger charge is 2.33. The number of aromatic nitrogens is 2. The van der Waals surface area contributed by atoms with Gasteiger partial charge in [-0.2, -0.15) is 0 Å². The Kier molecular flexibility index (Phi) is 5.76. The molecule has 1 aliphatic heterocycles. The molecule has 5 rings (SSSR count). The number of para-hydroxylation sites is 2. The number of carbonyl (C=O) groups is 1. The highest BCUT2D eigenvalue weighted by atomic mass is 16.2. The minimum Gasteiger partial charge on any atom is -0.342 e. The lowest BCUT2D eigenvalue weighted by Gasteiger charge is -2.19. The normalized spacial score (nSPS) is 16.2. The standard InChI is InChI=1S/C29H31N3O/c1-20-15-21(2)25(22(3)16-20)19-32-27-12-8-7-11-26(27)30-29(32)24-17-28(33)31(18-24)14-13-23-9-5-4-6-10-23/h4-12,15-16,24H,13-14,17-19H2,1-3H3. The molecule has 0 saturated carbocycles. The number of amides is 1. The van der Waals surface area contributed by atoms with Gasteiger partial charge in [-0.15, -0.1) is 0 Å². The zero-order chi connectivity index (χ0) is 22.9. The largest absolute Gasteiger partial charge is 0.342 e. The topological polar surface area (TPSA) is 38.1 Å². The van der Waals surface area contributed by atoms with Crippen LogP contribution >= 0.6 is 0 Å². The molecule has 1 unspecified atom stereocenters. The highest BCUT2D eigenvalue weighted by molar-refractivity contribution is 5.81. The molecule has 3 aromatic carbocycles. The lowest BCUT2D eigenvalue weighted by molar-refractivity contribution is -0.127. The maximum Gasteiger partial charge on any atom is 0.223 e. The Morgan fingerprint density at radius 3 is 2.39 bits per heavy atom. The second-order valence-corrected chi connectivity index (χ2v) is 9.40. The van der Waals surface area contributed by atoms with Crippen LogP contribution in [0.1, 0.15) is 46.0 Å². The fourth-order valence-electron chi connectivity index (χ4n) is 5.26. The third-order valence-corrected chi connectivity index (χ3v) is 6.93. The molecule has 4 nitrogen and oxygen atoms in total. The van der Waals surface area contributed by atoms with Gasteiger partial charge in [0.1, 0.15) is 5.82 Å². The number of rotatable bonds is 6. The summed E-state index contributed by atoms with van der Waals surface area (Å²) in [6.07, 6.45) is 1.42. The molecule has 4 aromatic rings. The average Bonchev–Trinajstić information content (AvgIpc) is 3.35. The molecule has 1 fully saturated rings. The Morgan fingerprint density at radius 1 is 0.939 bits per heavy atom. The monoisotopic (exact) mass is 437 g/mol. The summed E-state index contributed by atoms with van der Waals surface area (Å²) in [4.78, 5) is 20.0. The number of carbonyl (C=O) groups excluding carboxylic acids is 1. The van der Waals surface area contributed by atoms with E-state index in [1.807, 2.05) is 17.0 Å². The van der Waals surface area contributed by atoms with Gasteiger partial charge in [-0.05, 0) is 61.6 Å². The van der Waals surface area contributed by atoms with Gasteiger partial charge in [0.15, 0.2) is 0 Å². The molecule has 0 aliphatic carbocycles. The van der Waals surface area contributed by atoms with E-state index in [1.54, 1.807) is 0 Å². The van der Waals surface area contributed by atoms with Crippen LogP contribution in [0.15, 0.2) is 66.7 Å². The number of aryl methyl sites for hydroxylation is 3. The van der Waals surface area contributed by atoms with E-state index in [9.17, 15) is 4.79 Å². The molecular weight excluding hydrogens is 406 g/mol. The molecule has 1 aromatic heterocycles. The molecule has 0 spiro atoms. The van der Waals surface area contributed by atoms with Crippen LogP contribution in [0, 0.1) is 20.8 Å². The first-order valence-corrected chi connectivity index (χ1v) is 11.8. The highest BCUT2D eigenvalue weighted by Crippen LogP contribution is 2.32. The van der Waals surface area contributed by atoms with Crippen molar-refractivity contribution < 1.29 is 4.79 Å². The van der Waals surface area contributed by atoms with Crippen LogP contribution in [-0.4, -0.2) is 33.4 Å². The van der Waals surface area contributed by atoms with Crippen LogP contribution in [-0.2, 0) is 17.8 Å². The van der Waals surface area contributed by atoms with Gasteiger partial charge in [-0.3, -0.25) is 4.79 Å². The lowest BCUT2D eigenvalue weighted by Crippen LogP contribution is -2.27. The van der Waals surface area contributed by atoms with Gasteiger partial charge in [0, 0.05) is 32.0 Å². The van der Waals surface area contributed by atoms with Crippen molar-refractivity contribution in [2.45, 2.75) is 46.1 Å². The number of benzene rings is 3. The van der Waals surface area contributed by atoms with Crippen molar-refractivity contribution in [3.8, 4) is 0 Å². The van der Waals surface area contributed by atoms with Crippen LogP contribution < -0.4 is 0 Å². The SMILES string of the molecule is Cc1cc(C)c(Cn2c(C3CC(=O)N(CCc4ccccc4)C3)nc3ccccc32)c(C)c1. The first-order valence-electron chi connectivity index (χ1n) is 11.8. The van der Waals surface area contributed by atoms with E-state index in [-0.39, 0.29) is 11.8 Å². The Balaban J connectivity index is 1.44. The van der Waals surface area contributed by atoms with Gasteiger partial charge in [-0.25, -0.2) is 4.98 Å². The quantitative estimate of drug-likeness (QED) is 0.396. The van der Waals surface area contributed by atoms with Crippen LogP contribution in [0.4, 0.5) is 0 Å². The van der Waals surface area contributed by atoms with Crippen LogP contribution in [0.25, 0.3) is 11.0 Å². The second kappa shape index (κ2) is 8.86. The van der Waals surface area contributed by atoms with Crippen molar-refractivity contribution in [3.63, 3.8) is 0 Å². The minimum atomic E-state index is 0.117. The van der Waals surface area contributed by atoms with Gasteiger partial charge in [0.05, 0.1) is 11.0 Å². The van der Waals surface area contributed by atoms with Crippen molar-refractivity contribution in [1.29, 1.82) is 0 Å². The van der Waals surface area contributed by atoms with E-state index in [4.69, 9.17) is 4.98 Å². The summed E-state index contributed by atoms with van der Waals surface area (Å²) in [7, 11) is 0. The van der Waals surface area contributed by atoms with Crippen LogP contribution in [0.2, 0.25) is 0 Å². The number of nitrogens with zero attached hydrogens (tertiary/aromatic N) is 3. The third-order valence-electron chi connectivity index (χ3n) is 6.93. The summed E-state index contributed by atoms with van der Waals surface area (Å²) < 4.78 is 2.35. The molecule has 33 heavy (non-hydrogen) atoms. The number of fused-ring (bicyclic) bond motifs is 1. The Morgan fingerprint density at radius 2 is 1.64 bits per heavy atom. The molecule has 1 atom stereocenters. The van der Waals surface area contributed by atoms with Crippen LogP contribution in [0.5, 0.6) is 0 Å². The molecule has 1 amide bonds. The van der Waals surface area contributed by atoms with Crippen molar-refractivity contribution in [2.24, 2.45) is 0 Å². The average molecular weight is 438 g/mol. The van der Waals surface area contributed by atoms with Crippen molar-refractivity contribution in [3.05, 3.63) is 100 Å². The fraction of sp³-hybridized carbons (Fsp3) is 0.310. The number of hydrogen-bond acceptors (Lipinski definition) is 2. The van der Waals surface area contributed by atoms with E-state index >= 15 is 0 Å². The Hall–Kier alpha value is -3.40. The predicted octanol–water partition coefficient (Wildman–Crippen LogP) is 5.57. The summed E-state index contributed by atoms with van der Waals surface area (Å²) >= 11 is 0. The van der Waals surface area contributed by atoms with Gasteiger partial charge in [-0.1, -0.05) is 60.2 Å². The van der Waals surface area contributed by atoms with Crippen LogP contribution in [0.3, 0.4) is 0 Å². The number of likely N-dealkylation sites (tertiary alicyclic amines) is 1. The molecule has 1 aliphatic rings. The first kappa shape index (κ1) is 21.4. The van der Waals surface area contributed by atoms with Crippen molar-refractivity contribution in [1.82, 2.24) is 14.5 Å². The zero-order valence-electron chi connectivity index (χ0n) is 19.7. The number of hydrogen-bond donors (Lipinski definition) is 0. The lowest BCUT2D eigenvalue weighted by atomic mass is 9.99. The summed E-state index contributed by atoms with van der Waals surface area (Å²) in [6, 6.07) is 23.3. The molecule has 1 saturated heterocycles. The summed E-state index contributed by atoms with van der Waals surface area (Å²) in [5.74, 6) is 1.38. The fourth-order valence-corrected chi connectivity index (χ4v) is 5.26. The summed E-state index contributed by atoms with van der Waals surface area (Å²) in [5.41, 5.74) is 8.67. The first-order chi connectivity index (χ1) is 16.0. The van der Waals surface area contributed by atoms with E-state index in [0.717, 1.165) is 42.9 Å². The van der Waals surface area contributed by atoms with Gasteiger partial charge in [0.25, 0.3) is 0 Å². The van der Waals surface area contributed by atoms with Gasteiger partial charge in [0.2, 0.25) is 5.91 Å². The van der Waals surface area contributed by atoms with Crippen molar-refractivity contribution >= 4 is 16.9 Å². The smallest absolute Gasteiger partial charge is 0.223 e. The second-order valence-electron chi connectivity index (χ2n) is 9.40. The minimum absolute atomic E-state index is 0.117. The molecule has 0 radical (unpaired) electrons. The Labute approximate surface area is 195 Å². The molecule has 0 bridgehead atoms.